The lowest BCUT2D eigenvalue weighted by Crippen LogP contribution is -2.29. The lowest BCUT2D eigenvalue weighted by molar-refractivity contribution is -0.101. The number of benzene rings is 2. The Bertz CT molecular complexity index is 1000. The lowest BCUT2D eigenvalue weighted by atomic mass is 10.1. The van der Waals surface area contributed by atoms with E-state index in [0.29, 0.717) is 16.7 Å². The van der Waals surface area contributed by atoms with Crippen LogP contribution in [0.1, 0.15) is 26.3 Å². The molecule has 0 bridgehead atoms. The Balaban J connectivity index is 1.59. The van der Waals surface area contributed by atoms with E-state index in [4.69, 9.17) is 16.4 Å². The minimum Gasteiger partial charge on any atom is -0.266 e. The van der Waals surface area contributed by atoms with Crippen molar-refractivity contribution in [2.75, 3.05) is 0 Å². The third kappa shape index (κ3) is 2.82. The van der Waals surface area contributed by atoms with Gasteiger partial charge in [0.05, 0.1) is 16.6 Å². The van der Waals surface area contributed by atoms with Gasteiger partial charge in [-0.3, -0.25) is 14.4 Å². The van der Waals surface area contributed by atoms with Crippen LogP contribution in [0.3, 0.4) is 0 Å². The van der Waals surface area contributed by atoms with E-state index in [-0.39, 0.29) is 11.8 Å². The highest BCUT2D eigenvalue weighted by molar-refractivity contribution is 9.10. The Morgan fingerprint density at radius 2 is 1.72 bits per heavy atom. The van der Waals surface area contributed by atoms with Gasteiger partial charge >= 0.3 is 0 Å². The van der Waals surface area contributed by atoms with Crippen LogP contribution in [0, 0.1) is 0 Å². The Labute approximate surface area is 156 Å². The summed E-state index contributed by atoms with van der Waals surface area (Å²) in [7, 11) is 0. The highest BCUT2D eigenvalue weighted by Crippen LogP contribution is 2.26. The van der Waals surface area contributed by atoms with Crippen molar-refractivity contribution < 1.29 is 14.4 Å². The van der Waals surface area contributed by atoms with Crippen molar-refractivity contribution in [1.82, 2.24) is 10.0 Å². The molecule has 7 heteroatoms. The van der Waals surface area contributed by atoms with E-state index >= 15 is 0 Å². The van der Waals surface area contributed by atoms with E-state index < -0.39 is 11.8 Å². The van der Waals surface area contributed by atoms with Crippen molar-refractivity contribution in [3.8, 4) is 0 Å². The molecule has 3 aromatic rings. The van der Waals surface area contributed by atoms with Gasteiger partial charge in [-0.2, -0.15) is 0 Å². The zero-order chi connectivity index (χ0) is 17.6. The number of imide groups is 1. The molecule has 5 nitrogen and oxygen atoms in total. The summed E-state index contributed by atoms with van der Waals surface area (Å²) in [5.41, 5.74) is 2.00. The monoisotopic (exact) mass is 416 g/mol. The van der Waals surface area contributed by atoms with E-state index in [1.165, 1.54) is 0 Å². The zero-order valence-electron chi connectivity index (χ0n) is 12.7. The van der Waals surface area contributed by atoms with Crippen molar-refractivity contribution in [3.05, 3.63) is 74.8 Å². The van der Waals surface area contributed by atoms with Crippen LogP contribution in [0.2, 0.25) is 5.15 Å². The van der Waals surface area contributed by atoms with Crippen LogP contribution in [-0.4, -0.2) is 21.9 Å². The number of fused-ring (bicyclic) bond motifs is 2. The number of carbonyl (C=O) groups is 2. The smallest absolute Gasteiger partial charge is 0.266 e. The van der Waals surface area contributed by atoms with Gasteiger partial charge in [-0.1, -0.05) is 45.7 Å². The quantitative estimate of drug-likeness (QED) is 0.469. The summed E-state index contributed by atoms with van der Waals surface area (Å²) in [6.07, 6.45) is 0. The molecule has 0 aliphatic carbocycles. The normalized spacial score (nSPS) is 13.6. The molecule has 1 aromatic heterocycles. The average molecular weight is 418 g/mol. The van der Waals surface area contributed by atoms with Crippen LogP contribution >= 0.6 is 27.5 Å². The Kier molecular flexibility index (Phi) is 4.03. The molecule has 2 amide bonds. The summed E-state index contributed by atoms with van der Waals surface area (Å²) in [5.74, 6) is -0.955. The predicted molar refractivity (Wildman–Crippen MR) is 96.2 cm³/mol. The number of halogens is 2. The number of aromatic nitrogens is 1. The van der Waals surface area contributed by atoms with Crippen LogP contribution in [0.25, 0.3) is 10.9 Å². The fourth-order valence-corrected chi connectivity index (χ4v) is 3.23. The molecule has 0 spiro atoms. The highest BCUT2D eigenvalue weighted by atomic mass is 79.9. The van der Waals surface area contributed by atoms with Gasteiger partial charge in [0.1, 0.15) is 11.8 Å². The number of amides is 2. The number of hydroxylamine groups is 2. The van der Waals surface area contributed by atoms with Gasteiger partial charge in [0.15, 0.2) is 0 Å². The number of nitrogens with zero attached hydrogens (tertiary/aromatic N) is 2. The van der Waals surface area contributed by atoms with Gasteiger partial charge < -0.3 is 0 Å². The largest absolute Gasteiger partial charge is 0.285 e. The maximum atomic E-state index is 12.3. The number of rotatable bonds is 3. The zero-order valence-corrected chi connectivity index (χ0v) is 15.0. The molecule has 0 radical (unpaired) electrons. The molecule has 0 saturated carbocycles. The fraction of sp³-hybridized carbons (Fsp3) is 0.0556. The summed E-state index contributed by atoms with van der Waals surface area (Å²) in [6.45, 7) is -0.0384. The van der Waals surface area contributed by atoms with E-state index in [1.54, 1.807) is 24.3 Å². The molecular weight excluding hydrogens is 408 g/mol. The van der Waals surface area contributed by atoms with E-state index in [0.717, 1.165) is 20.4 Å². The van der Waals surface area contributed by atoms with E-state index in [1.807, 2.05) is 24.3 Å². The number of pyridine rings is 1. The summed E-state index contributed by atoms with van der Waals surface area (Å²) >= 11 is 9.60. The van der Waals surface area contributed by atoms with Crippen LogP contribution in [0.15, 0.2) is 53.0 Å². The Morgan fingerprint density at radius 3 is 2.40 bits per heavy atom. The second-order valence-electron chi connectivity index (χ2n) is 5.50. The van der Waals surface area contributed by atoms with Crippen LogP contribution in [-0.2, 0) is 11.4 Å². The number of carbonyl (C=O) groups excluding carboxylic acids is 2. The fourth-order valence-electron chi connectivity index (χ4n) is 2.68. The van der Waals surface area contributed by atoms with E-state index in [9.17, 15) is 9.59 Å². The molecule has 25 heavy (non-hydrogen) atoms. The van der Waals surface area contributed by atoms with Gasteiger partial charge in [-0.05, 0) is 30.3 Å². The third-order valence-corrected chi connectivity index (χ3v) is 4.73. The van der Waals surface area contributed by atoms with E-state index in [2.05, 4.69) is 20.9 Å². The molecule has 0 N–H and O–H groups in total. The first kappa shape index (κ1) is 16.2. The average Bonchev–Trinajstić information content (AvgIpc) is 2.85. The second kappa shape index (κ2) is 6.22. The molecule has 1 aliphatic rings. The van der Waals surface area contributed by atoms with Crippen LogP contribution in [0.5, 0.6) is 0 Å². The highest BCUT2D eigenvalue weighted by Gasteiger charge is 2.36. The standard InChI is InChI=1S/C18H10BrClN2O3/c19-12-6-5-10-7-11(16(20)21-15(10)8-12)9-25-22-17(23)13-3-1-2-4-14(13)18(22)24/h1-8H,9H2. The van der Waals surface area contributed by atoms with Gasteiger partial charge in [0.25, 0.3) is 11.8 Å². The summed E-state index contributed by atoms with van der Waals surface area (Å²) in [6, 6.07) is 14.1. The topological polar surface area (TPSA) is 59.5 Å². The van der Waals surface area contributed by atoms with Crippen molar-refractivity contribution >= 4 is 50.2 Å². The Morgan fingerprint density at radius 1 is 1.04 bits per heavy atom. The summed E-state index contributed by atoms with van der Waals surface area (Å²) < 4.78 is 0.901. The maximum Gasteiger partial charge on any atom is 0.285 e. The first-order chi connectivity index (χ1) is 12.0. The molecule has 124 valence electrons. The lowest BCUT2D eigenvalue weighted by Gasteiger charge is -2.14. The number of hydrogen-bond acceptors (Lipinski definition) is 4. The predicted octanol–water partition coefficient (Wildman–Crippen LogP) is 4.38. The second-order valence-corrected chi connectivity index (χ2v) is 6.77. The van der Waals surface area contributed by atoms with Crippen LogP contribution in [0.4, 0.5) is 0 Å². The molecule has 0 unspecified atom stereocenters. The first-order valence-corrected chi connectivity index (χ1v) is 8.57. The minimum absolute atomic E-state index is 0.0384. The first-order valence-electron chi connectivity index (χ1n) is 7.40. The Hall–Kier alpha value is -2.28. The molecular formula is C18H10BrClN2O3. The number of hydrogen-bond donors (Lipinski definition) is 0. The summed E-state index contributed by atoms with van der Waals surface area (Å²) in [4.78, 5) is 34.4. The SMILES string of the molecule is O=C1c2ccccc2C(=O)N1OCc1cc2ccc(Br)cc2nc1Cl. The minimum atomic E-state index is -0.477. The van der Waals surface area contributed by atoms with Crippen molar-refractivity contribution in [2.24, 2.45) is 0 Å². The van der Waals surface area contributed by atoms with Gasteiger partial charge in [0, 0.05) is 15.4 Å². The third-order valence-electron chi connectivity index (χ3n) is 3.91. The molecule has 0 atom stereocenters. The van der Waals surface area contributed by atoms with Gasteiger partial charge in [-0.25, -0.2) is 4.98 Å². The van der Waals surface area contributed by atoms with Gasteiger partial charge in [-0.15, -0.1) is 5.06 Å². The summed E-state index contributed by atoms with van der Waals surface area (Å²) in [5, 5.41) is 1.92. The molecule has 4 rings (SSSR count). The van der Waals surface area contributed by atoms with Crippen LogP contribution < -0.4 is 0 Å². The molecule has 0 fully saturated rings. The molecule has 1 aliphatic heterocycles. The molecule has 2 heterocycles. The molecule has 2 aromatic carbocycles. The maximum absolute atomic E-state index is 12.3. The van der Waals surface area contributed by atoms with Crippen molar-refractivity contribution in [2.45, 2.75) is 6.61 Å². The van der Waals surface area contributed by atoms with Crippen molar-refractivity contribution in [3.63, 3.8) is 0 Å². The van der Waals surface area contributed by atoms with Crippen molar-refractivity contribution in [1.29, 1.82) is 0 Å². The van der Waals surface area contributed by atoms with Gasteiger partial charge in [0.2, 0.25) is 0 Å². The molecule has 0 saturated heterocycles.